The molecule has 0 spiro atoms. The van der Waals surface area contributed by atoms with E-state index in [0.29, 0.717) is 17.1 Å². The minimum atomic E-state index is -3.30. The molecule has 1 aliphatic carbocycles. The first-order valence-electron chi connectivity index (χ1n) is 11.2. The van der Waals surface area contributed by atoms with Crippen molar-refractivity contribution in [2.45, 2.75) is 83.6 Å². The summed E-state index contributed by atoms with van der Waals surface area (Å²) in [6.07, 6.45) is 8.29. The molecule has 2 aliphatic rings. The van der Waals surface area contributed by atoms with Crippen LogP contribution in [0, 0.1) is 5.92 Å². The van der Waals surface area contributed by atoms with Crippen LogP contribution in [0.5, 0.6) is 0 Å². The molecule has 1 saturated heterocycles. The molecule has 7 heteroatoms. The van der Waals surface area contributed by atoms with Crippen LogP contribution in [-0.4, -0.2) is 65.7 Å². The molecule has 1 saturated carbocycles. The summed E-state index contributed by atoms with van der Waals surface area (Å²) < 4.78 is 28.0. The van der Waals surface area contributed by atoms with Crippen LogP contribution in [0.2, 0.25) is 0 Å². The minimum Gasteiger partial charge on any atom is -0.318 e. The summed E-state index contributed by atoms with van der Waals surface area (Å²) in [7, 11) is -3.30. The zero-order chi connectivity index (χ0) is 20.1. The number of aromatic nitrogens is 2. The van der Waals surface area contributed by atoms with Crippen molar-refractivity contribution in [3.05, 3.63) is 11.9 Å². The molecule has 0 radical (unpaired) electrons. The quantitative estimate of drug-likeness (QED) is 0.561. The van der Waals surface area contributed by atoms with Crippen LogP contribution in [-0.2, 0) is 22.9 Å². The molecule has 1 aromatic rings. The molecule has 0 aromatic carbocycles. The number of likely N-dealkylation sites (N-methyl/N-ethyl adjacent to an activating group) is 1. The van der Waals surface area contributed by atoms with Crippen LogP contribution in [0.1, 0.15) is 65.0 Å². The van der Waals surface area contributed by atoms with Gasteiger partial charge in [-0.1, -0.05) is 33.6 Å². The van der Waals surface area contributed by atoms with Gasteiger partial charge in [0.15, 0.2) is 0 Å². The second kappa shape index (κ2) is 9.72. The van der Waals surface area contributed by atoms with Crippen LogP contribution >= 0.6 is 0 Å². The van der Waals surface area contributed by atoms with Crippen molar-refractivity contribution in [2.24, 2.45) is 5.92 Å². The number of likely N-dealkylation sites (tertiary alicyclic amines) is 1. The predicted octanol–water partition coefficient (Wildman–Crippen LogP) is 3.17. The largest absolute Gasteiger partial charge is 0.318 e. The first-order valence-corrected chi connectivity index (χ1v) is 12.9. The van der Waals surface area contributed by atoms with Crippen LogP contribution in [0.3, 0.4) is 0 Å². The van der Waals surface area contributed by atoms with Gasteiger partial charge in [-0.05, 0) is 44.7 Å². The summed E-state index contributed by atoms with van der Waals surface area (Å²) in [6, 6.07) is 0.615. The molecule has 3 rings (SSSR count). The fourth-order valence-corrected chi connectivity index (χ4v) is 6.45. The maximum Gasteiger partial charge on any atom is 0.227 e. The molecule has 0 bridgehead atoms. The molecule has 1 aromatic heterocycles. The van der Waals surface area contributed by atoms with E-state index in [1.807, 2.05) is 10.8 Å². The zero-order valence-corrected chi connectivity index (χ0v) is 18.8. The molecular weight excluding hydrogens is 372 g/mol. The average Bonchev–Trinajstić information content (AvgIpc) is 3.26. The highest BCUT2D eigenvalue weighted by Crippen LogP contribution is 2.30. The summed E-state index contributed by atoms with van der Waals surface area (Å²) in [4.78, 5) is 9.41. The standard InChI is InChI=1S/C21H38N4O2S/c1-4-7-12-25-20(16-23-13-11-19(15-23)24(5-2)6-3)14-22-21(25)28(26,27)17-18-9-8-10-18/h14,18-19H,4-13,15-17H2,1-3H3/t19-/m0/s1. The third-order valence-electron chi connectivity index (χ3n) is 6.56. The lowest BCUT2D eigenvalue weighted by atomic mass is 9.87. The third kappa shape index (κ3) is 4.97. The lowest BCUT2D eigenvalue weighted by molar-refractivity contribution is 0.207. The van der Waals surface area contributed by atoms with Gasteiger partial charge in [0.25, 0.3) is 0 Å². The summed E-state index contributed by atoms with van der Waals surface area (Å²) in [5, 5.41) is 0.308. The highest BCUT2D eigenvalue weighted by atomic mass is 32.2. The van der Waals surface area contributed by atoms with E-state index in [2.05, 4.69) is 35.6 Å². The van der Waals surface area contributed by atoms with Crippen molar-refractivity contribution in [1.82, 2.24) is 19.4 Å². The fraction of sp³-hybridized carbons (Fsp3) is 0.857. The van der Waals surface area contributed by atoms with Crippen molar-refractivity contribution in [1.29, 1.82) is 0 Å². The summed E-state index contributed by atoms with van der Waals surface area (Å²) in [5.74, 6) is 0.599. The smallest absolute Gasteiger partial charge is 0.227 e. The Bertz CT molecular complexity index is 723. The summed E-state index contributed by atoms with van der Waals surface area (Å²) >= 11 is 0. The number of sulfone groups is 1. The Kier molecular flexibility index (Phi) is 7.56. The molecule has 0 N–H and O–H groups in total. The van der Waals surface area contributed by atoms with E-state index in [0.717, 1.165) is 70.6 Å². The Morgan fingerprint density at radius 2 is 1.93 bits per heavy atom. The molecule has 2 heterocycles. The third-order valence-corrected chi connectivity index (χ3v) is 8.35. The predicted molar refractivity (Wildman–Crippen MR) is 113 cm³/mol. The molecule has 6 nitrogen and oxygen atoms in total. The van der Waals surface area contributed by atoms with E-state index in [4.69, 9.17) is 0 Å². The maximum atomic E-state index is 13.0. The van der Waals surface area contributed by atoms with Gasteiger partial charge in [-0.3, -0.25) is 9.80 Å². The molecule has 2 fully saturated rings. The van der Waals surface area contributed by atoms with Crippen LogP contribution < -0.4 is 0 Å². The Morgan fingerprint density at radius 1 is 1.18 bits per heavy atom. The lowest BCUT2D eigenvalue weighted by Crippen LogP contribution is -2.37. The van der Waals surface area contributed by atoms with Gasteiger partial charge < -0.3 is 4.57 Å². The van der Waals surface area contributed by atoms with Gasteiger partial charge >= 0.3 is 0 Å². The highest BCUT2D eigenvalue weighted by Gasteiger charge is 2.31. The van der Waals surface area contributed by atoms with Crippen molar-refractivity contribution >= 4 is 9.84 Å². The minimum absolute atomic E-state index is 0.267. The zero-order valence-electron chi connectivity index (χ0n) is 17.9. The molecule has 0 unspecified atom stereocenters. The average molecular weight is 411 g/mol. The van der Waals surface area contributed by atoms with E-state index in [1.54, 1.807) is 0 Å². The Balaban J connectivity index is 1.73. The van der Waals surface area contributed by atoms with Crippen LogP contribution in [0.25, 0.3) is 0 Å². The van der Waals surface area contributed by atoms with Gasteiger partial charge in [-0.25, -0.2) is 13.4 Å². The number of hydrogen-bond acceptors (Lipinski definition) is 5. The fourth-order valence-electron chi connectivity index (χ4n) is 4.59. The Hall–Kier alpha value is -0.920. The lowest BCUT2D eigenvalue weighted by Gasteiger charge is -2.26. The summed E-state index contributed by atoms with van der Waals surface area (Å²) in [6.45, 7) is 12.5. The SMILES string of the molecule is CCCCn1c(CN2CC[C@H](N(CC)CC)C2)cnc1S(=O)(=O)CC1CCC1. The molecule has 1 aliphatic heterocycles. The molecule has 160 valence electrons. The first kappa shape index (κ1) is 21.8. The van der Waals surface area contributed by atoms with Gasteiger partial charge in [0.2, 0.25) is 15.0 Å². The molecular formula is C21H38N4O2S. The van der Waals surface area contributed by atoms with Gasteiger partial charge in [0.05, 0.1) is 17.6 Å². The monoisotopic (exact) mass is 410 g/mol. The van der Waals surface area contributed by atoms with Gasteiger partial charge in [-0.15, -0.1) is 0 Å². The van der Waals surface area contributed by atoms with E-state index in [-0.39, 0.29) is 5.75 Å². The van der Waals surface area contributed by atoms with Crippen LogP contribution in [0.4, 0.5) is 0 Å². The second-order valence-electron chi connectivity index (χ2n) is 8.51. The Morgan fingerprint density at radius 3 is 2.54 bits per heavy atom. The number of rotatable bonds is 11. The van der Waals surface area contributed by atoms with Crippen molar-refractivity contribution in [3.8, 4) is 0 Å². The normalized spacial score (nSPS) is 21.5. The van der Waals surface area contributed by atoms with Gasteiger partial charge in [0, 0.05) is 32.2 Å². The maximum absolute atomic E-state index is 13.0. The van der Waals surface area contributed by atoms with Crippen molar-refractivity contribution < 1.29 is 8.42 Å². The van der Waals surface area contributed by atoms with Crippen molar-refractivity contribution in [2.75, 3.05) is 31.9 Å². The van der Waals surface area contributed by atoms with Crippen molar-refractivity contribution in [3.63, 3.8) is 0 Å². The molecule has 0 amide bonds. The van der Waals surface area contributed by atoms with E-state index >= 15 is 0 Å². The number of imidazole rings is 1. The highest BCUT2D eigenvalue weighted by molar-refractivity contribution is 7.91. The van der Waals surface area contributed by atoms with Gasteiger partial charge in [0.1, 0.15) is 0 Å². The van der Waals surface area contributed by atoms with Crippen LogP contribution in [0.15, 0.2) is 11.4 Å². The van der Waals surface area contributed by atoms with E-state index < -0.39 is 9.84 Å². The second-order valence-corrected chi connectivity index (χ2v) is 10.4. The Labute approximate surface area is 171 Å². The van der Waals surface area contributed by atoms with Gasteiger partial charge in [-0.2, -0.15) is 0 Å². The topological polar surface area (TPSA) is 58.4 Å². The molecule has 1 atom stereocenters. The first-order chi connectivity index (χ1) is 13.5. The number of nitrogens with zero attached hydrogens (tertiary/aromatic N) is 4. The van der Waals surface area contributed by atoms with E-state index in [1.165, 1.54) is 12.8 Å². The summed E-state index contributed by atoms with van der Waals surface area (Å²) in [5.41, 5.74) is 1.06. The molecule has 28 heavy (non-hydrogen) atoms. The van der Waals surface area contributed by atoms with E-state index in [9.17, 15) is 8.42 Å². The number of unbranched alkanes of at least 4 members (excludes halogenated alkanes) is 1. The number of hydrogen-bond donors (Lipinski definition) is 0.